The van der Waals surface area contributed by atoms with Crippen LogP contribution in [-0.2, 0) is 0 Å². The molecule has 0 spiro atoms. The number of hydroxylamine groups is 1. The Morgan fingerprint density at radius 1 is 1.13 bits per heavy atom. The highest BCUT2D eigenvalue weighted by molar-refractivity contribution is 5.82. The van der Waals surface area contributed by atoms with Gasteiger partial charge in [-0.2, -0.15) is 4.98 Å². The summed E-state index contributed by atoms with van der Waals surface area (Å²) in [5.41, 5.74) is 1.97. The molecule has 0 atom stereocenters. The van der Waals surface area contributed by atoms with Gasteiger partial charge in [0, 0.05) is 50.9 Å². The van der Waals surface area contributed by atoms with Crippen molar-refractivity contribution in [3.05, 3.63) is 30.6 Å². The minimum Gasteiger partial charge on any atom is -0.368 e. The standard InChI is InChI=1S/C21H28N8O/c1-27(30)19-12-15-13-24-21(26-20(15)29(19)16-4-2-3-5-16)25-18-7-6-17(14-23-18)28-10-8-22-9-11-28/h6-7,12-14,16,22,30H,2-5,8-11H2,1H3,(H,23,24,25,26). The van der Waals surface area contributed by atoms with E-state index in [1.54, 1.807) is 13.2 Å². The lowest BCUT2D eigenvalue weighted by Crippen LogP contribution is -2.43. The van der Waals surface area contributed by atoms with E-state index in [0.717, 1.165) is 61.6 Å². The predicted octanol–water partition coefficient (Wildman–Crippen LogP) is 2.92. The molecule has 3 aromatic rings. The van der Waals surface area contributed by atoms with Crippen LogP contribution in [0.4, 0.5) is 23.3 Å². The van der Waals surface area contributed by atoms with Gasteiger partial charge in [-0.15, -0.1) is 0 Å². The summed E-state index contributed by atoms with van der Waals surface area (Å²) in [6, 6.07) is 6.34. The summed E-state index contributed by atoms with van der Waals surface area (Å²) < 4.78 is 2.15. The Morgan fingerprint density at radius 3 is 2.63 bits per heavy atom. The molecule has 1 aliphatic carbocycles. The number of fused-ring (bicyclic) bond motifs is 1. The zero-order chi connectivity index (χ0) is 20.5. The van der Waals surface area contributed by atoms with Crippen molar-refractivity contribution in [1.82, 2.24) is 24.8 Å². The Morgan fingerprint density at radius 2 is 1.93 bits per heavy atom. The minimum absolute atomic E-state index is 0.353. The molecule has 158 valence electrons. The number of aromatic nitrogens is 4. The van der Waals surface area contributed by atoms with Gasteiger partial charge in [-0.3, -0.25) is 5.21 Å². The van der Waals surface area contributed by atoms with Crippen LogP contribution in [0.5, 0.6) is 0 Å². The molecule has 0 unspecified atom stereocenters. The van der Waals surface area contributed by atoms with Crippen LogP contribution in [0, 0.1) is 0 Å². The summed E-state index contributed by atoms with van der Waals surface area (Å²) >= 11 is 0. The average Bonchev–Trinajstić information content (AvgIpc) is 3.42. The molecule has 3 N–H and O–H groups in total. The van der Waals surface area contributed by atoms with Gasteiger partial charge in [-0.05, 0) is 31.0 Å². The van der Waals surface area contributed by atoms with Gasteiger partial charge in [0.15, 0.2) is 0 Å². The second-order valence-corrected chi connectivity index (χ2v) is 8.07. The fourth-order valence-electron chi connectivity index (χ4n) is 4.51. The Hall–Kier alpha value is -2.91. The van der Waals surface area contributed by atoms with Crippen molar-refractivity contribution in [2.75, 3.05) is 48.5 Å². The van der Waals surface area contributed by atoms with Crippen molar-refractivity contribution >= 4 is 34.3 Å². The molecule has 1 aliphatic heterocycles. The Bertz CT molecular complexity index is 1000. The van der Waals surface area contributed by atoms with Gasteiger partial charge in [-0.25, -0.2) is 15.0 Å². The van der Waals surface area contributed by atoms with E-state index < -0.39 is 0 Å². The number of pyridine rings is 1. The fourth-order valence-corrected chi connectivity index (χ4v) is 4.51. The van der Waals surface area contributed by atoms with Gasteiger partial charge in [0.2, 0.25) is 5.95 Å². The van der Waals surface area contributed by atoms with Crippen LogP contribution in [0.1, 0.15) is 31.7 Å². The predicted molar refractivity (Wildman–Crippen MR) is 118 cm³/mol. The first-order chi connectivity index (χ1) is 14.7. The van der Waals surface area contributed by atoms with Crippen molar-refractivity contribution in [1.29, 1.82) is 0 Å². The Balaban J connectivity index is 1.41. The molecule has 1 saturated carbocycles. The monoisotopic (exact) mass is 408 g/mol. The second kappa shape index (κ2) is 8.08. The van der Waals surface area contributed by atoms with Gasteiger partial charge in [0.05, 0.1) is 11.9 Å². The van der Waals surface area contributed by atoms with E-state index in [0.29, 0.717) is 17.8 Å². The van der Waals surface area contributed by atoms with Crippen LogP contribution in [0.15, 0.2) is 30.6 Å². The molecule has 0 bridgehead atoms. The molecule has 0 aromatic carbocycles. The summed E-state index contributed by atoms with van der Waals surface area (Å²) in [5.74, 6) is 1.97. The van der Waals surface area contributed by atoms with Gasteiger partial charge in [0.25, 0.3) is 0 Å². The maximum Gasteiger partial charge on any atom is 0.230 e. The molecular formula is C21H28N8O. The molecule has 4 heterocycles. The van der Waals surface area contributed by atoms with Crippen LogP contribution in [-0.4, -0.2) is 58.0 Å². The molecule has 0 amide bonds. The van der Waals surface area contributed by atoms with Gasteiger partial charge in [-0.1, -0.05) is 12.8 Å². The highest BCUT2D eigenvalue weighted by atomic mass is 16.5. The Labute approximate surface area is 175 Å². The van der Waals surface area contributed by atoms with Crippen LogP contribution in [0.3, 0.4) is 0 Å². The molecule has 9 heteroatoms. The van der Waals surface area contributed by atoms with Crippen molar-refractivity contribution in [3.8, 4) is 0 Å². The summed E-state index contributed by atoms with van der Waals surface area (Å²) in [4.78, 5) is 16.1. The lowest BCUT2D eigenvalue weighted by molar-refractivity contribution is 0.269. The number of nitrogens with one attached hydrogen (secondary N) is 2. The zero-order valence-corrected chi connectivity index (χ0v) is 17.3. The van der Waals surface area contributed by atoms with Crippen molar-refractivity contribution in [3.63, 3.8) is 0 Å². The first-order valence-corrected chi connectivity index (χ1v) is 10.7. The molecule has 2 aliphatic rings. The third-order valence-electron chi connectivity index (χ3n) is 6.05. The fraction of sp³-hybridized carbons (Fsp3) is 0.476. The molecule has 30 heavy (non-hydrogen) atoms. The lowest BCUT2D eigenvalue weighted by atomic mass is 10.2. The molecule has 2 fully saturated rings. The normalized spacial score (nSPS) is 17.6. The van der Waals surface area contributed by atoms with Crippen LogP contribution in [0.2, 0.25) is 0 Å². The largest absolute Gasteiger partial charge is 0.368 e. The third kappa shape index (κ3) is 3.66. The summed E-state index contributed by atoms with van der Waals surface area (Å²) in [7, 11) is 1.65. The van der Waals surface area contributed by atoms with E-state index in [-0.39, 0.29) is 0 Å². The first-order valence-electron chi connectivity index (χ1n) is 10.7. The van der Waals surface area contributed by atoms with Crippen LogP contribution in [0.25, 0.3) is 11.0 Å². The van der Waals surface area contributed by atoms with E-state index in [1.165, 1.54) is 17.9 Å². The third-order valence-corrected chi connectivity index (χ3v) is 6.05. The molecule has 0 radical (unpaired) electrons. The first kappa shape index (κ1) is 19.1. The van der Waals surface area contributed by atoms with Crippen LogP contribution < -0.4 is 20.6 Å². The molecule has 5 rings (SSSR count). The highest BCUT2D eigenvalue weighted by Gasteiger charge is 2.24. The average molecular weight is 409 g/mol. The van der Waals surface area contributed by atoms with Crippen molar-refractivity contribution in [2.45, 2.75) is 31.7 Å². The van der Waals surface area contributed by atoms with Crippen molar-refractivity contribution < 1.29 is 5.21 Å². The molecule has 1 saturated heterocycles. The Kier molecular flexibility index (Phi) is 5.14. The number of piperazine rings is 1. The number of nitrogens with zero attached hydrogens (tertiary/aromatic N) is 6. The van der Waals surface area contributed by atoms with Gasteiger partial charge < -0.3 is 20.1 Å². The van der Waals surface area contributed by atoms with E-state index in [9.17, 15) is 5.21 Å². The minimum atomic E-state index is 0.353. The quantitative estimate of drug-likeness (QED) is 0.555. The van der Waals surface area contributed by atoms with Gasteiger partial charge >= 0.3 is 0 Å². The number of hydrogen-bond donors (Lipinski definition) is 3. The number of rotatable bonds is 5. The molecular weight excluding hydrogens is 380 g/mol. The van der Waals surface area contributed by atoms with E-state index in [1.807, 2.05) is 18.3 Å². The smallest absolute Gasteiger partial charge is 0.230 e. The maximum absolute atomic E-state index is 10.1. The molecule has 3 aromatic heterocycles. The number of hydrogen-bond acceptors (Lipinski definition) is 8. The van der Waals surface area contributed by atoms with Crippen LogP contribution >= 0.6 is 0 Å². The van der Waals surface area contributed by atoms with E-state index in [2.05, 4.69) is 36.1 Å². The number of anilines is 4. The summed E-state index contributed by atoms with van der Waals surface area (Å²) in [6.45, 7) is 3.99. The maximum atomic E-state index is 10.1. The van der Waals surface area contributed by atoms with E-state index >= 15 is 0 Å². The summed E-state index contributed by atoms with van der Waals surface area (Å²) in [6.07, 6.45) is 8.32. The zero-order valence-electron chi connectivity index (χ0n) is 17.3. The molecule has 9 nitrogen and oxygen atoms in total. The van der Waals surface area contributed by atoms with E-state index in [4.69, 9.17) is 4.98 Å². The van der Waals surface area contributed by atoms with Gasteiger partial charge in [0.1, 0.15) is 17.3 Å². The summed E-state index contributed by atoms with van der Waals surface area (Å²) in [5, 5.41) is 18.8. The second-order valence-electron chi connectivity index (χ2n) is 8.07. The topological polar surface area (TPSA) is 94.4 Å². The van der Waals surface area contributed by atoms with Crippen molar-refractivity contribution in [2.24, 2.45) is 0 Å². The SMILES string of the molecule is CN(O)c1cc2cnc(Nc3ccc(N4CCNCC4)cn3)nc2n1C1CCCC1. The highest BCUT2D eigenvalue weighted by Crippen LogP contribution is 2.37. The lowest BCUT2D eigenvalue weighted by Gasteiger charge is -2.29.